The Morgan fingerprint density at radius 3 is 2.72 bits per heavy atom. The first-order valence-corrected chi connectivity index (χ1v) is 6.34. The maximum atomic E-state index is 4.59. The highest BCUT2D eigenvalue weighted by Gasteiger charge is 2.10. The second-order valence-corrected chi connectivity index (χ2v) is 4.32. The van der Waals surface area contributed by atoms with Crippen LogP contribution in [0, 0.1) is 0 Å². The Kier molecular flexibility index (Phi) is 2.63. The number of imidazole rings is 1. The van der Waals surface area contributed by atoms with Gasteiger partial charge in [0, 0.05) is 5.69 Å². The molecule has 2 heterocycles. The van der Waals surface area contributed by atoms with E-state index < -0.39 is 0 Å². The molecule has 0 unspecified atom stereocenters. The lowest BCUT2D eigenvalue weighted by molar-refractivity contribution is 0.759. The molecule has 18 heavy (non-hydrogen) atoms. The molecular weight excluding hydrogens is 224 g/mol. The summed E-state index contributed by atoms with van der Waals surface area (Å²) in [6.07, 6.45) is 1.89. The number of hydrogen-bond acceptors (Lipinski definition) is 2. The molecule has 1 N–H and O–H groups in total. The molecule has 0 amide bonds. The molecule has 3 aromatic rings. The molecule has 3 rings (SSSR count). The lowest BCUT2D eigenvalue weighted by Gasteiger charge is -2.00. The summed E-state index contributed by atoms with van der Waals surface area (Å²) in [5, 5.41) is 4.59. The summed E-state index contributed by atoms with van der Waals surface area (Å²) in [4.78, 5) is 7.90. The molecular formula is C14H16N4. The number of nitrogens with one attached hydrogen (secondary N) is 1. The van der Waals surface area contributed by atoms with Crippen LogP contribution in [-0.4, -0.2) is 19.7 Å². The minimum atomic E-state index is 0.799. The Morgan fingerprint density at radius 1 is 1.17 bits per heavy atom. The van der Waals surface area contributed by atoms with E-state index in [4.69, 9.17) is 0 Å². The fraction of sp³-hybridized carbons (Fsp3) is 0.286. The van der Waals surface area contributed by atoms with Crippen molar-refractivity contribution in [3.05, 3.63) is 41.7 Å². The zero-order chi connectivity index (χ0) is 12.5. The van der Waals surface area contributed by atoms with Crippen LogP contribution in [0.5, 0.6) is 0 Å². The van der Waals surface area contributed by atoms with Crippen molar-refractivity contribution in [3.63, 3.8) is 0 Å². The minimum Gasteiger partial charge on any atom is -0.322 e. The number of rotatable bonds is 3. The van der Waals surface area contributed by atoms with Crippen molar-refractivity contribution in [3.8, 4) is 5.95 Å². The zero-order valence-electron chi connectivity index (χ0n) is 10.6. The summed E-state index contributed by atoms with van der Waals surface area (Å²) >= 11 is 0. The number of aryl methyl sites for hydroxylation is 2. The SMILES string of the molecule is CCc1cc(CC)n(-c2nc3ccccc3[nH]2)n1. The average Bonchev–Trinajstić information content (AvgIpc) is 3.01. The number of nitrogens with zero attached hydrogens (tertiary/aromatic N) is 3. The molecule has 0 aliphatic heterocycles. The predicted molar refractivity (Wildman–Crippen MR) is 72.0 cm³/mol. The van der Waals surface area contributed by atoms with Crippen molar-refractivity contribution < 1.29 is 0 Å². The summed E-state index contributed by atoms with van der Waals surface area (Å²) in [5.74, 6) is 0.799. The van der Waals surface area contributed by atoms with E-state index in [0.717, 1.165) is 35.5 Å². The predicted octanol–water partition coefficient (Wildman–Crippen LogP) is 2.87. The van der Waals surface area contributed by atoms with Gasteiger partial charge in [0.25, 0.3) is 0 Å². The molecule has 0 saturated carbocycles. The van der Waals surface area contributed by atoms with E-state index >= 15 is 0 Å². The van der Waals surface area contributed by atoms with Crippen LogP contribution >= 0.6 is 0 Å². The van der Waals surface area contributed by atoms with Gasteiger partial charge in [-0.15, -0.1) is 0 Å². The maximum absolute atomic E-state index is 4.59. The lowest BCUT2D eigenvalue weighted by Crippen LogP contribution is -2.03. The van der Waals surface area contributed by atoms with Gasteiger partial charge in [-0.25, -0.2) is 9.67 Å². The molecule has 0 spiro atoms. The van der Waals surface area contributed by atoms with E-state index in [9.17, 15) is 0 Å². The number of aromatic amines is 1. The number of benzene rings is 1. The van der Waals surface area contributed by atoms with Crippen molar-refractivity contribution in [2.24, 2.45) is 0 Å². The standard InChI is InChI=1S/C14H16N4/c1-3-10-9-11(4-2)18(17-10)14-15-12-7-5-6-8-13(12)16-14/h5-9H,3-4H2,1-2H3,(H,15,16). The summed E-state index contributed by atoms with van der Waals surface area (Å²) in [5.41, 5.74) is 4.31. The molecule has 2 aromatic heterocycles. The number of para-hydroxylation sites is 2. The van der Waals surface area contributed by atoms with Crippen LogP contribution < -0.4 is 0 Å². The first-order chi connectivity index (χ1) is 8.81. The highest BCUT2D eigenvalue weighted by molar-refractivity contribution is 5.75. The largest absolute Gasteiger partial charge is 0.322 e. The Morgan fingerprint density at radius 2 is 2.00 bits per heavy atom. The zero-order valence-corrected chi connectivity index (χ0v) is 10.6. The van der Waals surface area contributed by atoms with Gasteiger partial charge in [-0.1, -0.05) is 26.0 Å². The Bertz CT molecular complexity index is 645. The van der Waals surface area contributed by atoms with Crippen molar-refractivity contribution in [2.75, 3.05) is 0 Å². The quantitative estimate of drug-likeness (QED) is 0.765. The fourth-order valence-corrected chi connectivity index (χ4v) is 2.12. The monoisotopic (exact) mass is 240 g/mol. The molecule has 4 heteroatoms. The van der Waals surface area contributed by atoms with E-state index in [1.54, 1.807) is 0 Å². The van der Waals surface area contributed by atoms with Gasteiger partial charge in [-0.3, -0.25) is 0 Å². The summed E-state index contributed by atoms with van der Waals surface area (Å²) in [6, 6.07) is 10.2. The molecule has 4 nitrogen and oxygen atoms in total. The third kappa shape index (κ3) is 1.70. The van der Waals surface area contributed by atoms with Crippen LogP contribution in [0.15, 0.2) is 30.3 Å². The van der Waals surface area contributed by atoms with Gasteiger partial charge < -0.3 is 4.98 Å². The van der Waals surface area contributed by atoms with Crippen LogP contribution in [0.1, 0.15) is 25.2 Å². The van der Waals surface area contributed by atoms with Gasteiger partial charge >= 0.3 is 0 Å². The topological polar surface area (TPSA) is 46.5 Å². The van der Waals surface area contributed by atoms with Gasteiger partial charge in [0.1, 0.15) is 0 Å². The van der Waals surface area contributed by atoms with Gasteiger partial charge in [-0.2, -0.15) is 5.10 Å². The average molecular weight is 240 g/mol. The molecule has 0 fully saturated rings. The van der Waals surface area contributed by atoms with Crippen molar-refractivity contribution in [2.45, 2.75) is 26.7 Å². The number of fused-ring (bicyclic) bond motifs is 1. The number of hydrogen-bond donors (Lipinski definition) is 1. The van der Waals surface area contributed by atoms with Gasteiger partial charge in [-0.05, 0) is 31.0 Å². The summed E-state index contributed by atoms with van der Waals surface area (Å²) < 4.78 is 1.92. The smallest absolute Gasteiger partial charge is 0.229 e. The van der Waals surface area contributed by atoms with Crippen LogP contribution in [0.3, 0.4) is 0 Å². The normalized spacial score (nSPS) is 11.2. The van der Waals surface area contributed by atoms with Crippen molar-refractivity contribution in [1.29, 1.82) is 0 Å². The summed E-state index contributed by atoms with van der Waals surface area (Å²) in [7, 11) is 0. The molecule has 0 radical (unpaired) electrons. The maximum Gasteiger partial charge on any atom is 0.229 e. The van der Waals surface area contributed by atoms with E-state index in [-0.39, 0.29) is 0 Å². The Hall–Kier alpha value is -2.10. The van der Waals surface area contributed by atoms with Crippen LogP contribution in [-0.2, 0) is 12.8 Å². The first-order valence-electron chi connectivity index (χ1n) is 6.34. The van der Waals surface area contributed by atoms with Gasteiger partial charge in [0.15, 0.2) is 0 Å². The second kappa shape index (κ2) is 4.29. The van der Waals surface area contributed by atoms with E-state index in [1.165, 1.54) is 5.69 Å². The molecule has 0 saturated heterocycles. The van der Waals surface area contributed by atoms with E-state index in [1.807, 2.05) is 28.9 Å². The van der Waals surface area contributed by atoms with Gasteiger partial charge in [0.2, 0.25) is 5.95 Å². The fourth-order valence-electron chi connectivity index (χ4n) is 2.12. The van der Waals surface area contributed by atoms with Crippen molar-refractivity contribution >= 4 is 11.0 Å². The van der Waals surface area contributed by atoms with Crippen LogP contribution in [0.4, 0.5) is 0 Å². The minimum absolute atomic E-state index is 0.799. The number of H-pyrrole nitrogens is 1. The van der Waals surface area contributed by atoms with E-state index in [0.29, 0.717) is 0 Å². The van der Waals surface area contributed by atoms with Crippen LogP contribution in [0.25, 0.3) is 17.0 Å². The van der Waals surface area contributed by atoms with Gasteiger partial charge in [0.05, 0.1) is 16.7 Å². The molecule has 1 aromatic carbocycles. The first kappa shape index (κ1) is 11.0. The second-order valence-electron chi connectivity index (χ2n) is 4.32. The molecule has 92 valence electrons. The highest BCUT2D eigenvalue weighted by Crippen LogP contribution is 2.16. The highest BCUT2D eigenvalue weighted by atomic mass is 15.4. The third-order valence-corrected chi connectivity index (χ3v) is 3.14. The molecule has 0 aliphatic carbocycles. The Labute approximate surface area is 106 Å². The summed E-state index contributed by atoms with van der Waals surface area (Å²) in [6.45, 7) is 4.25. The van der Waals surface area contributed by atoms with Crippen LogP contribution in [0.2, 0.25) is 0 Å². The Balaban J connectivity index is 2.15. The molecule has 0 bridgehead atoms. The van der Waals surface area contributed by atoms with E-state index in [2.05, 4.69) is 35.0 Å². The third-order valence-electron chi connectivity index (χ3n) is 3.14. The lowest BCUT2D eigenvalue weighted by atomic mass is 10.3. The molecule has 0 aliphatic rings. The molecule has 0 atom stereocenters. The van der Waals surface area contributed by atoms with Crippen molar-refractivity contribution in [1.82, 2.24) is 19.7 Å². The number of aromatic nitrogens is 4.